The fraction of sp³-hybridized carbons (Fsp3) is 0.296. The summed E-state index contributed by atoms with van der Waals surface area (Å²) in [4.78, 5) is 15.9. The molecule has 0 aliphatic carbocycles. The van der Waals surface area contributed by atoms with Crippen LogP contribution in [-0.2, 0) is 19.7 Å². The SMILES string of the molecule is O=c1c(-c2ccc3ccccc3c2)ccc2n1C[C@H]1C[C@@H]2CN(Cc2ccc(CO)o2)C1. The number of aliphatic hydroxyl groups excluding tert-OH is 1. The van der Waals surface area contributed by atoms with Crippen molar-refractivity contribution in [1.29, 1.82) is 0 Å². The largest absolute Gasteiger partial charge is 0.462 e. The fourth-order valence-electron chi connectivity index (χ4n) is 5.56. The molecule has 2 aliphatic heterocycles. The summed E-state index contributed by atoms with van der Waals surface area (Å²) in [5, 5.41) is 11.6. The minimum Gasteiger partial charge on any atom is -0.462 e. The number of hydrogen-bond acceptors (Lipinski definition) is 4. The standard InChI is InChI=1S/C27H26N2O3/c30-17-24-8-7-23(32-24)16-28-13-18-11-22(15-28)26-10-9-25(27(31)29(26)14-18)21-6-5-19-3-1-2-4-20(19)12-21/h1-10,12,18,22,30H,11,13-17H2/t18-,22+/m0/s1. The van der Waals surface area contributed by atoms with Gasteiger partial charge in [-0.15, -0.1) is 0 Å². The molecule has 0 spiro atoms. The summed E-state index contributed by atoms with van der Waals surface area (Å²) in [6.45, 7) is 3.31. The molecule has 2 bridgehead atoms. The third-order valence-corrected chi connectivity index (χ3v) is 6.99. The Morgan fingerprint density at radius 1 is 0.906 bits per heavy atom. The third kappa shape index (κ3) is 3.38. The van der Waals surface area contributed by atoms with E-state index in [4.69, 9.17) is 4.42 Å². The number of aliphatic hydroxyl groups is 1. The van der Waals surface area contributed by atoms with Gasteiger partial charge in [0.1, 0.15) is 18.1 Å². The Morgan fingerprint density at radius 2 is 1.75 bits per heavy atom. The first kappa shape index (κ1) is 19.5. The van der Waals surface area contributed by atoms with Crippen LogP contribution in [0.1, 0.15) is 29.6 Å². The van der Waals surface area contributed by atoms with Crippen LogP contribution in [0, 0.1) is 5.92 Å². The highest BCUT2D eigenvalue weighted by Gasteiger charge is 2.35. The molecular formula is C27H26N2O3. The summed E-state index contributed by atoms with van der Waals surface area (Å²) in [5.74, 6) is 2.31. The van der Waals surface area contributed by atoms with E-state index in [9.17, 15) is 9.90 Å². The van der Waals surface area contributed by atoms with E-state index in [1.807, 2.05) is 34.9 Å². The highest BCUT2D eigenvalue weighted by atomic mass is 16.4. The Bertz CT molecular complexity index is 1350. The number of fused-ring (bicyclic) bond motifs is 5. The molecule has 1 fully saturated rings. The van der Waals surface area contributed by atoms with Crippen molar-refractivity contribution in [3.63, 3.8) is 0 Å². The zero-order valence-corrected chi connectivity index (χ0v) is 17.9. The van der Waals surface area contributed by atoms with E-state index in [0.29, 0.717) is 17.6 Å². The molecule has 0 unspecified atom stereocenters. The monoisotopic (exact) mass is 426 g/mol. The maximum atomic E-state index is 13.5. The Balaban J connectivity index is 1.30. The van der Waals surface area contributed by atoms with Crippen molar-refractivity contribution in [2.45, 2.75) is 32.0 Å². The second-order valence-corrected chi connectivity index (χ2v) is 9.17. The van der Waals surface area contributed by atoms with Crippen LogP contribution in [0.4, 0.5) is 0 Å². The van der Waals surface area contributed by atoms with E-state index in [1.165, 1.54) is 5.39 Å². The highest BCUT2D eigenvalue weighted by molar-refractivity contribution is 5.87. The van der Waals surface area contributed by atoms with E-state index in [0.717, 1.165) is 60.6 Å². The van der Waals surface area contributed by atoms with Crippen molar-refractivity contribution in [2.75, 3.05) is 13.1 Å². The maximum absolute atomic E-state index is 13.5. The van der Waals surface area contributed by atoms with Crippen LogP contribution in [0.2, 0.25) is 0 Å². The first-order valence-corrected chi connectivity index (χ1v) is 11.3. The summed E-state index contributed by atoms with van der Waals surface area (Å²) in [6.07, 6.45) is 1.13. The molecular weight excluding hydrogens is 400 g/mol. The van der Waals surface area contributed by atoms with Crippen LogP contribution in [-0.4, -0.2) is 27.7 Å². The molecule has 0 saturated carbocycles. The molecule has 2 aromatic carbocycles. The average Bonchev–Trinajstić information content (AvgIpc) is 3.27. The van der Waals surface area contributed by atoms with Gasteiger partial charge in [0.05, 0.1) is 6.54 Å². The highest BCUT2D eigenvalue weighted by Crippen LogP contribution is 2.36. The molecule has 6 rings (SSSR count). The van der Waals surface area contributed by atoms with Crippen LogP contribution in [0.15, 0.2) is 75.9 Å². The fourth-order valence-corrected chi connectivity index (χ4v) is 5.56. The molecule has 5 nitrogen and oxygen atoms in total. The molecule has 1 N–H and O–H groups in total. The van der Waals surface area contributed by atoms with Crippen molar-refractivity contribution in [3.8, 4) is 11.1 Å². The number of furan rings is 1. The first-order chi connectivity index (χ1) is 15.7. The molecule has 4 aromatic rings. The second-order valence-electron chi connectivity index (χ2n) is 9.17. The Labute approximate surface area is 186 Å². The summed E-state index contributed by atoms with van der Waals surface area (Å²) in [5.41, 5.74) is 3.04. The number of nitrogens with zero attached hydrogens (tertiary/aromatic N) is 2. The number of piperidine rings is 1. The van der Waals surface area contributed by atoms with E-state index >= 15 is 0 Å². The molecule has 0 radical (unpaired) electrons. The quantitative estimate of drug-likeness (QED) is 0.526. The minimum absolute atomic E-state index is 0.0684. The minimum atomic E-state index is -0.0684. The van der Waals surface area contributed by atoms with Crippen LogP contribution < -0.4 is 5.56 Å². The summed E-state index contributed by atoms with van der Waals surface area (Å²) in [7, 11) is 0. The number of benzene rings is 2. The zero-order chi connectivity index (χ0) is 21.7. The first-order valence-electron chi connectivity index (χ1n) is 11.3. The third-order valence-electron chi connectivity index (χ3n) is 6.99. The molecule has 4 heterocycles. The van der Waals surface area contributed by atoms with Gasteiger partial charge in [0.15, 0.2) is 0 Å². The Hall–Kier alpha value is -3.15. The van der Waals surface area contributed by atoms with Crippen molar-refractivity contribution in [1.82, 2.24) is 9.47 Å². The topological polar surface area (TPSA) is 58.6 Å². The summed E-state index contributed by atoms with van der Waals surface area (Å²) < 4.78 is 7.72. The summed E-state index contributed by atoms with van der Waals surface area (Å²) in [6, 6.07) is 22.5. The number of hydrogen-bond donors (Lipinski definition) is 1. The normalized spacial score (nSPS) is 20.4. The molecule has 5 heteroatoms. The predicted octanol–water partition coefficient (Wildman–Crippen LogP) is 4.37. The molecule has 0 amide bonds. The van der Waals surface area contributed by atoms with Gasteiger partial charge < -0.3 is 14.1 Å². The lowest BCUT2D eigenvalue weighted by Gasteiger charge is -2.42. The number of aromatic nitrogens is 1. The number of likely N-dealkylation sites (tertiary alicyclic amines) is 1. The average molecular weight is 427 g/mol. The van der Waals surface area contributed by atoms with Gasteiger partial charge in [-0.05, 0) is 59.0 Å². The van der Waals surface area contributed by atoms with Crippen LogP contribution >= 0.6 is 0 Å². The van der Waals surface area contributed by atoms with Crippen molar-refractivity contribution >= 4 is 10.8 Å². The van der Waals surface area contributed by atoms with E-state index in [-0.39, 0.29) is 12.2 Å². The van der Waals surface area contributed by atoms with Crippen LogP contribution in [0.3, 0.4) is 0 Å². The molecule has 32 heavy (non-hydrogen) atoms. The lowest BCUT2D eigenvalue weighted by molar-refractivity contribution is 0.106. The van der Waals surface area contributed by atoms with Gasteiger partial charge in [-0.3, -0.25) is 9.69 Å². The zero-order valence-electron chi connectivity index (χ0n) is 17.9. The van der Waals surface area contributed by atoms with E-state index in [2.05, 4.69) is 41.3 Å². The second kappa shape index (κ2) is 7.76. The molecule has 1 saturated heterocycles. The Morgan fingerprint density at radius 3 is 2.59 bits per heavy atom. The number of rotatable bonds is 4. The van der Waals surface area contributed by atoms with Gasteiger partial charge in [0, 0.05) is 36.8 Å². The lowest BCUT2D eigenvalue weighted by atomic mass is 9.82. The van der Waals surface area contributed by atoms with Gasteiger partial charge >= 0.3 is 0 Å². The smallest absolute Gasteiger partial charge is 0.258 e. The number of pyridine rings is 1. The van der Waals surface area contributed by atoms with Gasteiger partial charge in [-0.25, -0.2) is 0 Å². The molecule has 2 aliphatic rings. The lowest BCUT2D eigenvalue weighted by Crippen LogP contribution is -2.46. The van der Waals surface area contributed by atoms with Crippen molar-refractivity contribution in [3.05, 3.63) is 94.3 Å². The van der Waals surface area contributed by atoms with Gasteiger partial charge in [0.2, 0.25) is 0 Å². The van der Waals surface area contributed by atoms with Crippen molar-refractivity contribution in [2.24, 2.45) is 5.92 Å². The van der Waals surface area contributed by atoms with Gasteiger partial charge in [-0.2, -0.15) is 0 Å². The van der Waals surface area contributed by atoms with E-state index < -0.39 is 0 Å². The van der Waals surface area contributed by atoms with Crippen LogP contribution in [0.25, 0.3) is 21.9 Å². The van der Waals surface area contributed by atoms with Gasteiger partial charge in [0.25, 0.3) is 5.56 Å². The molecule has 2 aromatic heterocycles. The maximum Gasteiger partial charge on any atom is 0.258 e. The predicted molar refractivity (Wildman–Crippen MR) is 124 cm³/mol. The molecule has 2 atom stereocenters. The van der Waals surface area contributed by atoms with Crippen LogP contribution in [0.5, 0.6) is 0 Å². The van der Waals surface area contributed by atoms with Crippen molar-refractivity contribution < 1.29 is 9.52 Å². The van der Waals surface area contributed by atoms with E-state index in [1.54, 1.807) is 0 Å². The summed E-state index contributed by atoms with van der Waals surface area (Å²) >= 11 is 0. The Kier molecular flexibility index (Phi) is 4.74. The van der Waals surface area contributed by atoms with Gasteiger partial charge in [-0.1, -0.05) is 36.4 Å². The molecule has 162 valence electrons.